The molecule has 5 atom stereocenters. The maximum atomic E-state index is 12.1. The molecule has 1 fully saturated rings. The van der Waals surface area contributed by atoms with E-state index in [-0.39, 0.29) is 11.5 Å². The maximum Gasteiger partial charge on any atom is 0.407 e. The smallest absolute Gasteiger partial charge is 0.407 e. The van der Waals surface area contributed by atoms with Gasteiger partial charge in [0.15, 0.2) is 0 Å². The Kier molecular flexibility index (Phi) is 8.65. The Morgan fingerprint density at radius 3 is 2.67 bits per heavy atom. The molecule has 2 rings (SSSR count). The lowest BCUT2D eigenvalue weighted by Crippen LogP contribution is -2.57. The molecule has 1 amide bonds. The van der Waals surface area contributed by atoms with Crippen LogP contribution in [0.3, 0.4) is 0 Å². The van der Waals surface area contributed by atoms with Crippen molar-refractivity contribution in [1.29, 1.82) is 0 Å². The van der Waals surface area contributed by atoms with Gasteiger partial charge in [-0.15, -0.1) is 0 Å². The van der Waals surface area contributed by atoms with Crippen LogP contribution in [0.15, 0.2) is 11.6 Å². The van der Waals surface area contributed by atoms with E-state index >= 15 is 0 Å². The summed E-state index contributed by atoms with van der Waals surface area (Å²) in [5.74, 6) is 1.27. The SMILES string of the molecule is CCCCCC[C@H]1OC[C@@]2(COC(=O)NCCCC)[C@H](C)C=C(C)[C@@H]1[C@H]2C. The van der Waals surface area contributed by atoms with Crippen LogP contribution in [-0.4, -0.2) is 32.0 Å². The van der Waals surface area contributed by atoms with Gasteiger partial charge in [0.05, 0.1) is 12.7 Å². The summed E-state index contributed by atoms with van der Waals surface area (Å²) in [6.45, 7) is 13.0. The van der Waals surface area contributed by atoms with Gasteiger partial charge in [0, 0.05) is 17.9 Å². The van der Waals surface area contributed by atoms with E-state index in [0.717, 1.165) is 19.3 Å². The molecule has 0 aromatic carbocycles. The van der Waals surface area contributed by atoms with Crippen LogP contribution in [0.5, 0.6) is 0 Å². The number of alkyl carbamates (subject to hydrolysis) is 1. The monoisotopic (exact) mass is 379 g/mol. The van der Waals surface area contributed by atoms with Crippen molar-refractivity contribution >= 4 is 6.09 Å². The third-order valence-electron chi connectivity index (χ3n) is 6.97. The number of hydrogen-bond acceptors (Lipinski definition) is 3. The molecule has 0 radical (unpaired) electrons. The molecule has 0 aromatic heterocycles. The quantitative estimate of drug-likeness (QED) is 0.390. The molecule has 0 saturated carbocycles. The molecule has 4 nitrogen and oxygen atoms in total. The summed E-state index contributed by atoms with van der Waals surface area (Å²) in [5, 5.41) is 2.86. The second kappa shape index (κ2) is 10.5. The molecule has 1 aliphatic carbocycles. The zero-order chi connectivity index (χ0) is 19.9. The van der Waals surface area contributed by atoms with Crippen molar-refractivity contribution < 1.29 is 14.3 Å². The van der Waals surface area contributed by atoms with E-state index in [1.807, 2.05) is 0 Å². The number of ether oxygens (including phenoxy) is 2. The topological polar surface area (TPSA) is 47.6 Å². The van der Waals surface area contributed by atoms with Gasteiger partial charge < -0.3 is 14.8 Å². The second-order valence-corrected chi connectivity index (χ2v) is 8.80. The highest BCUT2D eigenvalue weighted by Crippen LogP contribution is 2.53. The molecule has 0 spiro atoms. The predicted molar refractivity (Wildman–Crippen MR) is 111 cm³/mol. The number of nitrogens with one attached hydrogen (secondary N) is 1. The Bertz CT molecular complexity index is 504. The first-order valence-corrected chi connectivity index (χ1v) is 11.2. The van der Waals surface area contributed by atoms with Crippen LogP contribution >= 0.6 is 0 Å². The molecule has 1 N–H and O–H groups in total. The normalized spacial score (nSPS) is 32.7. The zero-order valence-electron chi connectivity index (χ0n) is 18.2. The number of unbranched alkanes of at least 4 members (excludes halogenated alkanes) is 4. The van der Waals surface area contributed by atoms with Crippen LogP contribution in [0.2, 0.25) is 0 Å². The van der Waals surface area contributed by atoms with Gasteiger partial charge in [0.25, 0.3) is 0 Å². The highest BCUT2D eigenvalue weighted by molar-refractivity contribution is 5.67. The largest absolute Gasteiger partial charge is 0.449 e. The molecule has 2 aliphatic rings. The van der Waals surface area contributed by atoms with Crippen molar-refractivity contribution in [3.05, 3.63) is 11.6 Å². The molecule has 4 heteroatoms. The number of hydrogen-bond donors (Lipinski definition) is 1. The second-order valence-electron chi connectivity index (χ2n) is 8.80. The molecular formula is C23H41NO3. The third-order valence-corrected chi connectivity index (χ3v) is 6.97. The molecule has 1 aliphatic heterocycles. The van der Waals surface area contributed by atoms with Gasteiger partial charge in [-0.2, -0.15) is 0 Å². The van der Waals surface area contributed by atoms with Crippen molar-refractivity contribution in [3.63, 3.8) is 0 Å². The maximum absolute atomic E-state index is 12.1. The Labute approximate surface area is 166 Å². The fraction of sp³-hybridized carbons (Fsp3) is 0.870. The molecule has 1 saturated heterocycles. The summed E-state index contributed by atoms with van der Waals surface area (Å²) in [4.78, 5) is 12.1. The number of rotatable bonds is 10. The van der Waals surface area contributed by atoms with E-state index in [9.17, 15) is 4.79 Å². The van der Waals surface area contributed by atoms with Crippen LogP contribution in [-0.2, 0) is 9.47 Å². The van der Waals surface area contributed by atoms with Crippen LogP contribution < -0.4 is 5.32 Å². The molecule has 156 valence electrons. The van der Waals surface area contributed by atoms with E-state index in [1.165, 1.54) is 31.3 Å². The van der Waals surface area contributed by atoms with Crippen LogP contribution in [0.1, 0.15) is 79.6 Å². The lowest BCUT2D eigenvalue weighted by atomic mass is 9.56. The van der Waals surface area contributed by atoms with Gasteiger partial charge in [0.2, 0.25) is 0 Å². The summed E-state index contributed by atoms with van der Waals surface area (Å²) >= 11 is 0. The first-order valence-electron chi connectivity index (χ1n) is 11.2. The van der Waals surface area contributed by atoms with Gasteiger partial charge in [-0.1, -0.05) is 71.4 Å². The first kappa shape index (κ1) is 22.3. The Morgan fingerprint density at radius 2 is 1.96 bits per heavy atom. The third kappa shape index (κ3) is 5.28. The van der Waals surface area contributed by atoms with Crippen LogP contribution in [0, 0.1) is 23.2 Å². The average Bonchev–Trinajstić information content (AvgIpc) is 2.63. The van der Waals surface area contributed by atoms with Crippen LogP contribution in [0.4, 0.5) is 4.79 Å². The summed E-state index contributed by atoms with van der Waals surface area (Å²) < 4.78 is 12.1. The summed E-state index contributed by atoms with van der Waals surface area (Å²) in [6, 6.07) is 0. The molecule has 0 unspecified atom stereocenters. The van der Waals surface area contributed by atoms with E-state index in [4.69, 9.17) is 9.47 Å². The number of amides is 1. The van der Waals surface area contributed by atoms with Crippen molar-refractivity contribution in [2.45, 2.75) is 85.7 Å². The predicted octanol–water partition coefficient (Wildman–Crippen LogP) is 5.72. The van der Waals surface area contributed by atoms with Crippen molar-refractivity contribution in [1.82, 2.24) is 5.32 Å². The summed E-state index contributed by atoms with van der Waals surface area (Å²) in [5.41, 5.74) is 1.35. The van der Waals surface area contributed by atoms with E-state index in [2.05, 4.69) is 46.0 Å². The molecular weight excluding hydrogens is 338 g/mol. The minimum atomic E-state index is -0.290. The number of fused-ring (bicyclic) bond motifs is 2. The van der Waals surface area contributed by atoms with E-state index < -0.39 is 0 Å². The average molecular weight is 380 g/mol. The fourth-order valence-corrected chi connectivity index (χ4v) is 5.04. The standard InChI is InChI=1S/C23H41NO3/c1-6-8-10-11-12-20-21-17(3)14-18(4)23(15-26-20,19(21)5)16-27-22(25)24-13-9-7-2/h14,18-21H,6-13,15-16H2,1-5H3,(H,24,25)/t18-,19-,20-,21-,23-/m1/s1. The van der Waals surface area contributed by atoms with Crippen molar-refractivity contribution in [2.75, 3.05) is 19.8 Å². The van der Waals surface area contributed by atoms with Gasteiger partial charge in [0.1, 0.15) is 6.61 Å². The molecule has 0 aromatic rings. The highest BCUT2D eigenvalue weighted by atomic mass is 16.6. The van der Waals surface area contributed by atoms with Gasteiger partial charge in [-0.3, -0.25) is 0 Å². The van der Waals surface area contributed by atoms with E-state index in [0.29, 0.717) is 43.6 Å². The first-order chi connectivity index (χ1) is 13.0. The summed E-state index contributed by atoms with van der Waals surface area (Å²) in [7, 11) is 0. The Morgan fingerprint density at radius 1 is 1.22 bits per heavy atom. The van der Waals surface area contributed by atoms with Crippen molar-refractivity contribution in [3.8, 4) is 0 Å². The zero-order valence-corrected chi connectivity index (χ0v) is 18.2. The molecule has 27 heavy (non-hydrogen) atoms. The van der Waals surface area contributed by atoms with Gasteiger partial charge >= 0.3 is 6.09 Å². The Balaban J connectivity index is 2.00. The molecule has 2 bridgehead atoms. The fourth-order valence-electron chi connectivity index (χ4n) is 5.04. The van der Waals surface area contributed by atoms with Gasteiger partial charge in [-0.25, -0.2) is 4.79 Å². The van der Waals surface area contributed by atoms with Gasteiger partial charge in [-0.05, 0) is 31.6 Å². The van der Waals surface area contributed by atoms with Crippen molar-refractivity contribution in [2.24, 2.45) is 23.2 Å². The van der Waals surface area contributed by atoms with Crippen LogP contribution in [0.25, 0.3) is 0 Å². The summed E-state index contributed by atoms with van der Waals surface area (Å²) in [6.07, 6.45) is 10.7. The Hall–Kier alpha value is -1.03. The number of carbonyl (C=O) groups excluding carboxylic acids is 1. The highest BCUT2D eigenvalue weighted by Gasteiger charge is 2.53. The molecule has 1 heterocycles. The van der Waals surface area contributed by atoms with E-state index in [1.54, 1.807) is 0 Å². The lowest BCUT2D eigenvalue weighted by Gasteiger charge is -2.55. The number of allylic oxidation sites excluding steroid dienone is 1. The minimum Gasteiger partial charge on any atom is -0.449 e. The minimum absolute atomic E-state index is 0.105. The number of carbonyl (C=O) groups is 1. The lowest BCUT2D eigenvalue weighted by molar-refractivity contribution is -0.165.